The predicted octanol–water partition coefficient (Wildman–Crippen LogP) is 1.74. The SMILES string of the molecule is O=C(O)c1ccc(-c2ccc[nH]c2=O)cc1. The van der Waals surface area contributed by atoms with Gasteiger partial charge in [-0.15, -0.1) is 0 Å². The second kappa shape index (κ2) is 4.02. The number of aromatic carboxylic acids is 1. The number of hydrogen-bond acceptors (Lipinski definition) is 2. The third-order valence-electron chi connectivity index (χ3n) is 2.26. The van der Waals surface area contributed by atoms with Gasteiger partial charge in [0.05, 0.1) is 5.56 Å². The number of aromatic nitrogens is 1. The molecule has 1 heterocycles. The molecular weight excluding hydrogens is 206 g/mol. The van der Waals surface area contributed by atoms with Crippen molar-refractivity contribution in [1.82, 2.24) is 4.98 Å². The van der Waals surface area contributed by atoms with Crippen molar-refractivity contribution >= 4 is 5.97 Å². The van der Waals surface area contributed by atoms with E-state index in [4.69, 9.17) is 5.11 Å². The Morgan fingerprint density at radius 1 is 1.12 bits per heavy atom. The zero-order valence-electron chi connectivity index (χ0n) is 8.31. The topological polar surface area (TPSA) is 70.2 Å². The number of carboxylic acids is 1. The fourth-order valence-corrected chi connectivity index (χ4v) is 1.44. The minimum absolute atomic E-state index is 0.189. The average Bonchev–Trinajstić information content (AvgIpc) is 2.30. The molecule has 80 valence electrons. The van der Waals surface area contributed by atoms with Crippen LogP contribution in [0.3, 0.4) is 0 Å². The molecule has 0 fully saturated rings. The summed E-state index contributed by atoms with van der Waals surface area (Å²) in [7, 11) is 0. The first-order valence-electron chi connectivity index (χ1n) is 4.70. The molecule has 2 rings (SSSR count). The third kappa shape index (κ3) is 1.86. The highest BCUT2D eigenvalue weighted by Crippen LogP contribution is 2.15. The standard InChI is InChI=1S/C12H9NO3/c14-11-10(2-1-7-13-11)8-3-5-9(6-4-8)12(15)16/h1-7H,(H,13,14)(H,15,16). The summed E-state index contributed by atoms with van der Waals surface area (Å²) in [6.45, 7) is 0. The minimum atomic E-state index is -0.978. The molecule has 0 radical (unpaired) electrons. The number of hydrogen-bond donors (Lipinski definition) is 2. The van der Waals surface area contributed by atoms with Crippen LogP contribution in [0.15, 0.2) is 47.4 Å². The van der Waals surface area contributed by atoms with Gasteiger partial charge in [0.25, 0.3) is 5.56 Å². The molecule has 0 bridgehead atoms. The summed E-state index contributed by atoms with van der Waals surface area (Å²) in [5, 5.41) is 8.73. The zero-order chi connectivity index (χ0) is 11.5. The zero-order valence-corrected chi connectivity index (χ0v) is 8.31. The number of aromatic amines is 1. The average molecular weight is 215 g/mol. The minimum Gasteiger partial charge on any atom is -0.478 e. The lowest BCUT2D eigenvalue weighted by Crippen LogP contribution is -2.07. The fourth-order valence-electron chi connectivity index (χ4n) is 1.44. The molecule has 4 heteroatoms. The van der Waals surface area contributed by atoms with Gasteiger partial charge in [0.1, 0.15) is 0 Å². The van der Waals surface area contributed by atoms with Gasteiger partial charge in [-0.1, -0.05) is 12.1 Å². The highest BCUT2D eigenvalue weighted by molar-refractivity contribution is 5.88. The van der Waals surface area contributed by atoms with Gasteiger partial charge >= 0.3 is 5.97 Å². The number of carbonyl (C=O) groups is 1. The van der Waals surface area contributed by atoms with Gasteiger partial charge in [0, 0.05) is 11.8 Å². The van der Waals surface area contributed by atoms with Crippen molar-refractivity contribution in [3.05, 3.63) is 58.5 Å². The summed E-state index contributed by atoms with van der Waals surface area (Å²) in [5.74, 6) is -0.978. The summed E-state index contributed by atoms with van der Waals surface area (Å²) in [6.07, 6.45) is 1.55. The molecule has 0 unspecified atom stereocenters. The first kappa shape index (κ1) is 10.2. The number of nitrogens with one attached hydrogen (secondary N) is 1. The largest absolute Gasteiger partial charge is 0.478 e. The van der Waals surface area contributed by atoms with E-state index in [9.17, 15) is 9.59 Å². The molecule has 0 aliphatic rings. The molecule has 2 N–H and O–H groups in total. The van der Waals surface area contributed by atoms with Crippen LogP contribution < -0.4 is 5.56 Å². The second-order valence-electron chi connectivity index (χ2n) is 3.30. The third-order valence-corrected chi connectivity index (χ3v) is 2.26. The molecule has 0 amide bonds. The number of rotatable bonds is 2. The summed E-state index contributed by atoms with van der Waals surface area (Å²) in [4.78, 5) is 24.7. The van der Waals surface area contributed by atoms with Crippen molar-refractivity contribution in [2.45, 2.75) is 0 Å². The normalized spacial score (nSPS) is 10.0. The van der Waals surface area contributed by atoms with Crippen LogP contribution >= 0.6 is 0 Å². The van der Waals surface area contributed by atoms with E-state index in [0.29, 0.717) is 11.1 Å². The van der Waals surface area contributed by atoms with E-state index in [2.05, 4.69) is 4.98 Å². The van der Waals surface area contributed by atoms with Crippen molar-refractivity contribution in [2.24, 2.45) is 0 Å². The second-order valence-corrected chi connectivity index (χ2v) is 3.30. The molecule has 4 nitrogen and oxygen atoms in total. The van der Waals surface area contributed by atoms with Gasteiger partial charge in [-0.2, -0.15) is 0 Å². The Morgan fingerprint density at radius 3 is 2.38 bits per heavy atom. The van der Waals surface area contributed by atoms with Crippen LogP contribution in [0.4, 0.5) is 0 Å². The number of benzene rings is 1. The molecule has 1 aromatic heterocycles. The van der Waals surface area contributed by atoms with Crippen LogP contribution in [0, 0.1) is 0 Å². The predicted molar refractivity (Wildman–Crippen MR) is 59.5 cm³/mol. The number of pyridine rings is 1. The molecule has 0 saturated heterocycles. The first-order valence-corrected chi connectivity index (χ1v) is 4.70. The van der Waals surface area contributed by atoms with Crippen molar-refractivity contribution in [1.29, 1.82) is 0 Å². The van der Waals surface area contributed by atoms with E-state index < -0.39 is 5.97 Å². The van der Waals surface area contributed by atoms with Crippen molar-refractivity contribution in [2.75, 3.05) is 0 Å². The van der Waals surface area contributed by atoms with E-state index >= 15 is 0 Å². The number of H-pyrrole nitrogens is 1. The van der Waals surface area contributed by atoms with Gasteiger partial charge in [0.15, 0.2) is 0 Å². The van der Waals surface area contributed by atoms with E-state index in [1.165, 1.54) is 12.1 Å². The lowest BCUT2D eigenvalue weighted by Gasteiger charge is -2.00. The van der Waals surface area contributed by atoms with Crippen LogP contribution in [-0.4, -0.2) is 16.1 Å². The maximum Gasteiger partial charge on any atom is 0.335 e. The van der Waals surface area contributed by atoms with Crippen LogP contribution in [0.5, 0.6) is 0 Å². The molecule has 0 saturated carbocycles. The highest BCUT2D eigenvalue weighted by atomic mass is 16.4. The Balaban J connectivity index is 2.47. The quantitative estimate of drug-likeness (QED) is 0.801. The van der Waals surface area contributed by atoms with Crippen molar-refractivity contribution in [3.8, 4) is 11.1 Å². The Morgan fingerprint density at radius 2 is 1.81 bits per heavy atom. The summed E-state index contributed by atoms with van der Waals surface area (Å²) in [6, 6.07) is 9.60. The van der Waals surface area contributed by atoms with Gasteiger partial charge in [0.2, 0.25) is 0 Å². The Kier molecular flexibility index (Phi) is 2.55. The Hall–Kier alpha value is -2.36. The summed E-state index contributed by atoms with van der Waals surface area (Å²) < 4.78 is 0. The van der Waals surface area contributed by atoms with Crippen LogP contribution in [0.25, 0.3) is 11.1 Å². The number of carboxylic acid groups (broad SMARTS) is 1. The first-order chi connectivity index (χ1) is 7.68. The molecule has 0 atom stereocenters. The van der Waals surface area contributed by atoms with E-state index in [0.717, 1.165) is 0 Å². The monoisotopic (exact) mass is 215 g/mol. The lowest BCUT2D eigenvalue weighted by atomic mass is 10.1. The smallest absolute Gasteiger partial charge is 0.335 e. The molecule has 16 heavy (non-hydrogen) atoms. The highest BCUT2D eigenvalue weighted by Gasteiger charge is 2.04. The van der Waals surface area contributed by atoms with Crippen LogP contribution in [0.1, 0.15) is 10.4 Å². The van der Waals surface area contributed by atoms with Gasteiger partial charge in [-0.3, -0.25) is 4.79 Å². The Bertz CT molecular complexity index is 569. The van der Waals surface area contributed by atoms with Crippen LogP contribution in [-0.2, 0) is 0 Å². The maximum absolute atomic E-state index is 11.5. The molecular formula is C12H9NO3. The van der Waals surface area contributed by atoms with Crippen molar-refractivity contribution < 1.29 is 9.90 Å². The molecule has 0 spiro atoms. The molecule has 2 aromatic rings. The molecule has 1 aromatic carbocycles. The van der Waals surface area contributed by atoms with Gasteiger partial charge < -0.3 is 10.1 Å². The Labute approximate surface area is 91.2 Å². The molecule has 0 aliphatic heterocycles. The van der Waals surface area contributed by atoms with E-state index in [-0.39, 0.29) is 11.1 Å². The fraction of sp³-hybridized carbons (Fsp3) is 0. The summed E-state index contributed by atoms with van der Waals surface area (Å²) >= 11 is 0. The van der Waals surface area contributed by atoms with Gasteiger partial charge in [-0.25, -0.2) is 4.79 Å². The van der Waals surface area contributed by atoms with E-state index in [1.807, 2.05) is 0 Å². The maximum atomic E-state index is 11.5. The summed E-state index contributed by atoms with van der Waals surface area (Å²) in [5.41, 5.74) is 1.24. The molecule has 0 aliphatic carbocycles. The van der Waals surface area contributed by atoms with Crippen LogP contribution in [0.2, 0.25) is 0 Å². The lowest BCUT2D eigenvalue weighted by molar-refractivity contribution is 0.0697. The van der Waals surface area contributed by atoms with Gasteiger partial charge in [-0.05, 0) is 29.8 Å². The van der Waals surface area contributed by atoms with Crippen molar-refractivity contribution in [3.63, 3.8) is 0 Å². The van der Waals surface area contributed by atoms with E-state index in [1.54, 1.807) is 30.5 Å².